The lowest BCUT2D eigenvalue weighted by Gasteiger charge is -2.13. The van der Waals surface area contributed by atoms with E-state index in [2.05, 4.69) is 10.6 Å². The van der Waals surface area contributed by atoms with Gasteiger partial charge in [0.05, 0.1) is 26.5 Å². The quantitative estimate of drug-likeness (QED) is 0.808. The number of nitrogens with one attached hydrogen (secondary N) is 2. The molecule has 1 rings (SSSR count). The van der Waals surface area contributed by atoms with Crippen LogP contribution < -0.4 is 20.1 Å². The molecule has 0 aliphatic carbocycles. The molecule has 0 bridgehead atoms. The summed E-state index contributed by atoms with van der Waals surface area (Å²) in [6.45, 7) is 2.17. The molecule has 0 fully saturated rings. The van der Waals surface area contributed by atoms with E-state index in [-0.39, 0.29) is 12.5 Å². The van der Waals surface area contributed by atoms with Gasteiger partial charge in [-0.25, -0.2) is 0 Å². The van der Waals surface area contributed by atoms with E-state index in [1.807, 2.05) is 13.0 Å². The van der Waals surface area contributed by atoms with Gasteiger partial charge in [-0.2, -0.15) is 0 Å². The number of anilines is 1. The Bertz CT molecular complexity index is 405. The molecular weight excluding hydrogens is 220 g/mol. The van der Waals surface area contributed by atoms with Crippen LogP contribution in [0.4, 0.5) is 5.69 Å². The number of aryl methyl sites for hydroxylation is 1. The van der Waals surface area contributed by atoms with Crippen LogP contribution in [0.5, 0.6) is 11.5 Å². The Labute approximate surface area is 101 Å². The summed E-state index contributed by atoms with van der Waals surface area (Å²) in [6.07, 6.45) is 0. The summed E-state index contributed by atoms with van der Waals surface area (Å²) >= 11 is 0. The van der Waals surface area contributed by atoms with Gasteiger partial charge < -0.3 is 20.1 Å². The number of amides is 1. The first-order valence-electron chi connectivity index (χ1n) is 5.29. The number of carbonyl (C=O) groups excluding carboxylic acids is 1. The predicted molar refractivity (Wildman–Crippen MR) is 66.8 cm³/mol. The molecule has 1 amide bonds. The second-order valence-electron chi connectivity index (χ2n) is 3.60. The molecular formula is C12H18N2O3. The molecule has 0 aromatic heterocycles. The minimum absolute atomic E-state index is 0.128. The molecule has 0 aliphatic rings. The van der Waals surface area contributed by atoms with E-state index < -0.39 is 0 Å². The summed E-state index contributed by atoms with van der Waals surface area (Å²) in [5, 5.41) is 5.54. The molecule has 0 saturated heterocycles. The van der Waals surface area contributed by atoms with Crippen LogP contribution in [0.15, 0.2) is 12.1 Å². The van der Waals surface area contributed by atoms with E-state index >= 15 is 0 Å². The Hall–Kier alpha value is -1.75. The van der Waals surface area contributed by atoms with E-state index in [4.69, 9.17) is 9.47 Å². The Morgan fingerprint density at radius 2 is 1.88 bits per heavy atom. The van der Waals surface area contributed by atoms with Gasteiger partial charge in [0.25, 0.3) is 0 Å². The molecule has 0 atom stereocenters. The number of hydrogen-bond donors (Lipinski definition) is 2. The van der Waals surface area contributed by atoms with Crippen molar-refractivity contribution in [2.75, 3.05) is 33.1 Å². The Kier molecular flexibility index (Phi) is 4.78. The summed E-state index contributed by atoms with van der Waals surface area (Å²) < 4.78 is 10.4. The summed E-state index contributed by atoms with van der Waals surface area (Å²) in [5.41, 5.74) is 1.56. The normalized spacial score (nSPS) is 9.88. The van der Waals surface area contributed by atoms with Crippen molar-refractivity contribution in [3.05, 3.63) is 17.7 Å². The Morgan fingerprint density at radius 3 is 2.41 bits per heavy atom. The average molecular weight is 238 g/mol. The fourth-order valence-corrected chi connectivity index (χ4v) is 1.50. The molecule has 17 heavy (non-hydrogen) atoms. The van der Waals surface area contributed by atoms with Crippen molar-refractivity contribution in [2.45, 2.75) is 6.92 Å². The number of methoxy groups -OCH3 is 2. The van der Waals surface area contributed by atoms with Gasteiger partial charge in [-0.1, -0.05) is 0 Å². The first kappa shape index (κ1) is 13.3. The lowest BCUT2D eigenvalue weighted by molar-refractivity contribution is -0.115. The first-order valence-corrected chi connectivity index (χ1v) is 5.29. The SMILES string of the molecule is CNCC(=O)Nc1cc(OC)c(C)cc1OC. The van der Waals surface area contributed by atoms with Crippen LogP contribution in [0.3, 0.4) is 0 Å². The zero-order valence-electron chi connectivity index (χ0n) is 10.6. The van der Waals surface area contributed by atoms with Crippen LogP contribution in [0.1, 0.15) is 5.56 Å². The summed E-state index contributed by atoms with van der Waals surface area (Å²) in [7, 11) is 4.87. The van der Waals surface area contributed by atoms with Crippen molar-refractivity contribution in [1.29, 1.82) is 0 Å². The number of rotatable bonds is 5. The van der Waals surface area contributed by atoms with Crippen LogP contribution in [0, 0.1) is 6.92 Å². The van der Waals surface area contributed by atoms with Gasteiger partial charge in [-0.15, -0.1) is 0 Å². The molecule has 94 valence electrons. The molecule has 5 nitrogen and oxygen atoms in total. The molecule has 0 heterocycles. The van der Waals surface area contributed by atoms with E-state index in [0.29, 0.717) is 17.2 Å². The third kappa shape index (κ3) is 3.35. The van der Waals surface area contributed by atoms with E-state index in [1.54, 1.807) is 27.3 Å². The van der Waals surface area contributed by atoms with Crippen LogP contribution >= 0.6 is 0 Å². The van der Waals surface area contributed by atoms with Gasteiger partial charge in [0.2, 0.25) is 5.91 Å². The molecule has 0 radical (unpaired) electrons. The smallest absolute Gasteiger partial charge is 0.238 e. The van der Waals surface area contributed by atoms with Gasteiger partial charge in [0, 0.05) is 6.07 Å². The molecule has 0 unspecified atom stereocenters. The van der Waals surface area contributed by atoms with Gasteiger partial charge in [0.1, 0.15) is 11.5 Å². The van der Waals surface area contributed by atoms with Crippen molar-refractivity contribution in [1.82, 2.24) is 5.32 Å². The Balaban J connectivity index is 2.99. The van der Waals surface area contributed by atoms with Crippen LogP contribution in [0.2, 0.25) is 0 Å². The maximum Gasteiger partial charge on any atom is 0.238 e. The zero-order valence-corrected chi connectivity index (χ0v) is 10.6. The van der Waals surface area contributed by atoms with Crippen LogP contribution in [-0.2, 0) is 4.79 Å². The van der Waals surface area contributed by atoms with Crippen molar-refractivity contribution in [2.24, 2.45) is 0 Å². The third-order valence-corrected chi connectivity index (χ3v) is 2.33. The highest BCUT2D eigenvalue weighted by molar-refractivity contribution is 5.94. The average Bonchev–Trinajstić information content (AvgIpc) is 2.31. The summed E-state index contributed by atoms with van der Waals surface area (Å²) in [4.78, 5) is 11.5. The lowest BCUT2D eigenvalue weighted by atomic mass is 10.2. The van der Waals surface area contributed by atoms with E-state index in [1.165, 1.54) is 0 Å². The van der Waals surface area contributed by atoms with Gasteiger partial charge in [-0.05, 0) is 25.6 Å². The number of benzene rings is 1. The fraction of sp³-hybridized carbons (Fsp3) is 0.417. The fourth-order valence-electron chi connectivity index (χ4n) is 1.50. The number of ether oxygens (including phenoxy) is 2. The van der Waals surface area contributed by atoms with Crippen molar-refractivity contribution in [3.8, 4) is 11.5 Å². The minimum Gasteiger partial charge on any atom is -0.496 e. The molecule has 5 heteroatoms. The summed E-state index contributed by atoms with van der Waals surface area (Å²) in [6, 6.07) is 3.58. The maximum absolute atomic E-state index is 11.5. The highest BCUT2D eigenvalue weighted by Crippen LogP contribution is 2.32. The topological polar surface area (TPSA) is 59.6 Å². The van der Waals surface area contributed by atoms with Crippen molar-refractivity contribution in [3.63, 3.8) is 0 Å². The molecule has 1 aromatic carbocycles. The molecule has 0 saturated carbocycles. The highest BCUT2D eigenvalue weighted by atomic mass is 16.5. The monoisotopic (exact) mass is 238 g/mol. The molecule has 0 spiro atoms. The molecule has 2 N–H and O–H groups in total. The largest absolute Gasteiger partial charge is 0.496 e. The second kappa shape index (κ2) is 6.10. The van der Waals surface area contributed by atoms with Crippen molar-refractivity contribution >= 4 is 11.6 Å². The zero-order chi connectivity index (χ0) is 12.8. The van der Waals surface area contributed by atoms with Gasteiger partial charge in [0.15, 0.2) is 0 Å². The summed E-state index contributed by atoms with van der Waals surface area (Å²) in [5.74, 6) is 1.20. The second-order valence-corrected chi connectivity index (χ2v) is 3.60. The highest BCUT2D eigenvalue weighted by Gasteiger charge is 2.10. The predicted octanol–water partition coefficient (Wildman–Crippen LogP) is 1.17. The van der Waals surface area contributed by atoms with Gasteiger partial charge >= 0.3 is 0 Å². The maximum atomic E-state index is 11.5. The lowest BCUT2D eigenvalue weighted by Crippen LogP contribution is -2.25. The van der Waals surface area contributed by atoms with Crippen LogP contribution in [0.25, 0.3) is 0 Å². The number of hydrogen-bond acceptors (Lipinski definition) is 4. The van der Waals surface area contributed by atoms with Gasteiger partial charge in [-0.3, -0.25) is 4.79 Å². The minimum atomic E-state index is -0.128. The van der Waals surface area contributed by atoms with Crippen molar-refractivity contribution < 1.29 is 14.3 Å². The van der Waals surface area contributed by atoms with E-state index in [0.717, 1.165) is 5.56 Å². The van der Waals surface area contributed by atoms with E-state index in [9.17, 15) is 4.79 Å². The number of likely N-dealkylation sites (N-methyl/N-ethyl adjacent to an activating group) is 1. The third-order valence-electron chi connectivity index (χ3n) is 2.33. The van der Waals surface area contributed by atoms with Crippen LogP contribution in [-0.4, -0.2) is 33.7 Å². The standard InChI is InChI=1S/C12H18N2O3/c1-8-5-11(17-4)9(6-10(8)16-3)14-12(15)7-13-2/h5-6,13H,7H2,1-4H3,(H,14,15). The molecule has 0 aliphatic heterocycles. The molecule has 1 aromatic rings. The Morgan fingerprint density at radius 1 is 1.24 bits per heavy atom. The number of carbonyl (C=O) groups is 1. The first-order chi connectivity index (χ1) is 8.12.